The Bertz CT molecular complexity index is 495. The van der Waals surface area contributed by atoms with E-state index < -0.39 is 12.6 Å². The Morgan fingerprint density at radius 2 is 2.43 bits per heavy atom. The van der Waals surface area contributed by atoms with Crippen LogP contribution in [0.2, 0.25) is 0 Å². The fourth-order valence-electron chi connectivity index (χ4n) is 1.31. The van der Waals surface area contributed by atoms with Crippen LogP contribution in [0.1, 0.15) is 15.2 Å². The van der Waals surface area contributed by atoms with Crippen molar-refractivity contribution in [2.45, 2.75) is 6.67 Å². The van der Waals surface area contributed by atoms with Crippen LogP contribution in [0.15, 0.2) is 18.3 Å². The van der Waals surface area contributed by atoms with Gasteiger partial charge in [-0.2, -0.15) is 0 Å². The summed E-state index contributed by atoms with van der Waals surface area (Å²) in [6, 6.07) is 3.44. The standard InChI is InChI=1S/C9H7FN2OS/c10-4-6-5-2-1-3-12-9(5)14-7(6)8(11)13/h1-3H,4H2,(H2,11,13). The molecule has 2 heterocycles. The minimum absolute atomic E-state index is 0.265. The number of carbonyl (C=O) groups is 1. The summed E-state index contributed by atoms with van der Waals surface area (Å²) in [5, 5.41) is 0.675. The van der Waals surface area contributed by atoms with E-state index in [0.717, 1.165) is 11.3 Å². The van der Waals surface area contributed by atoms with Crippen molar-refractivity contribution in [3.63, 3.8) is 0 Å². The molecule has 2 aromatic rings. The number of primary amides is 1. The summed E-state index contributed by atoms with van der Waals surface area (Å²) in [5.74, 6) is -0.597. The SMILES string of the molecule is NC(=O)c1sc2ncccc2c1CF. The molecule has 0 aliphatic heterocycles. The smallest absolute Gasteiger partial charge is 0.259 e. The average Bonchev–Trinajstić information content (AvgIpc) is 2.56. The van der Waals surface area contributed by atoms with E-state index in [0.29, 0.717) is 15.8 Å². The van der Waals surface area contributed by atoms with Crippen LogP contribution < -0.4 is 5.73 Å². The van der Waals surface area contributed by atoms with Gasteiger partial charge in [0.2, 0.25) is 0 Å². The van der Waals surface area contributed by atoms with Gasteiger partial charge in [-0.05, 0) is 6.07 Å². The maximum Gasteiger partial charge on any atom is 0.259 e. The molecule has 1 amide bonds. The normalized spacial score (nSPS) is 10.6. The number of hydrogen-bond donors (Lipinski definition) is 1. The Morgan fingerprint density at radius 1 is 1.64 bits per heavy atom. The van der Waals surface area contributed by atoms with Gasteiger partial charge in [0, 0.05) is 17.1 Å². The van der Waals surface area contributed by atoms with E-state index in [1.165, 1.54) is 0 Å². The maximum absolute atomic E-state index is 12.7. The number of fused-ring (bicyclic) bond motifs is 1. The van der Waals surface area contributed by atoms with Crippen molar-refractivity contribution >= 4 is 27.5 Å². The lowest BCUT2D eigenvalue weighted by molar-refractivity contribution is 0.100. The first-order chi connectivity index (χ1) is 6.74. The van der Waals surface area contributed by atoms with E-state index >= 15 is 0 Å². The van der Waals surface area contributed by atoms with E-state index in [1.54, 1.807) is 18.3 Å². The number of rotatable bonds is 2. The molecule has 2 N–H and O–H groups in total. The minimum Gasteiger partial charge on any atom is -0.365 e. The number of alkyl halides is 1. The summed E-state index contributed by atoms with van der Waals surface area (Å²) in [6.07, 6.45) is 1.60. The van der Waals surface area contributed by atoms with E-state index in [-0.39, 0.29) is 4.88 Å². The van der Waals surface area contributed by atoms with Crippen LogP contribution in [-0.2, 0) is 6.67 Å². The van der Waals surface area contributed by atoms with Crippen LogP contribution in [0.3, 0.4) is 0 Å². The molecule has 0 unspecified atom stereocenters. The Kier molecular flexibility index (Phi) is 2.17. The van der Waals surface area contributed by atoms with Gasteiger partial charge in [-0.25, -0.2) is 9.37 Å². The van der Waals surface area contributed by atoms with Gasteiger partial charge in [-0.15, -0.1) is 11.3 Å². The third kappa shape index (κ3) is 1.26. The summed E-state index contributed by atoms with van der Waals surface area (Å²) in [7, 11) is 0. The molecule has 0 saturated heterocycles. The second-order valence-electron chi connectivity index (χ2n) is 2.76. The van der Waals surface area contributed by atoms with Gasteiger partial charge in [0.25, 0.3) is 5.91 Å². The van der Waals surface area contributed by atoms with E-state index in [1.807, 2.05) is 0 Å². The highest BCUT2D eigenvalue weighted by Crippen LogP contribution is 2.29. The molecular weight excluding hydrogens is 203 g/mol. The zero-order valence-corrected chi connectivity index (χ0v) is 7.97. The predicted octanol–water partition coefficient (Wildman–Crippen LogP) is 1.86. The fourth-order valence-corrected chi connectivity index (χ4v) is 2.31. The number of hydrogen-bond acceptors (Lipinski definition) is 3. The maximum atomic E-state index is 12.7. The second kappa shape index (κ2) is 3.34. The largest absolute Gasteiger partial charge is 0.365 e. The zero-order chi connectivity index (χ0) is 10.1. The lowest BCUT2D eigenvalue weighted by Gasteiger charge is -1.93. The van der Waals surface area contributed by atoms with Crippen molar-refractivity contribution in [2.75, 3.05) is 0 Å². The molecule has 0 aliphatic carbocycles. The van der Waals surface area contributed by atoms with E-state index in [2.05, 4.69) is 4.98 Å². The topological polar surface area (TPSA) is 56.0 Å². The van der Waals surface area contributed by atoms with Crippen LogP contribution in [0.4, 0.5) is 4.39 Å². The van der Waals surface area contributed by atoms with Gasteiger partial charge in [0.05, 0.1) is 0 Å². The predicted molar refractivity (Wildman–Crippen MR) is 52.9 cm³/mol. The van der Waals surface area contributed by atoms with Gasteiger partial charge < -0.3 is 5.73 Å². The molecular formula is C9H7FN2OS. The minimum atomic E-state index is -0.691. The Balaban J connectivity index is 2.78. The molecule has 14 heavy (non-hydrogen) atoms. The number of carbonyl (C=O) groups excluding carboxylic acids is 1. The third-order valence-corrected chi connectivity index (χ3v) is 3.10. The fraction of sp³-hybridized carbons (Fsp3) is 0.111. The van der Waals surface area contributed by atoms with Crippen molar-refractivity contribution in [2.24, 2.45) is 5.73 Å². The number of pyridine rings is 1. The third-order valence-electron chi connectivity index (χ3n) is 1.93. The second-order valence-corrected chi connectivity index (χ2v) is 3.76. The molecule has 0 aliphatic rings. The van der Waals surface area contributed by atoms with Crippen molar-refractivity contribution in [1.82, 2.24) is 4.98 Å². The molecule has 0 atom stereocenters. The average molecular weight is 210 g/mol. The lowest BCUT2D eigenvalue weighted by atomic mass is 10.2. The highest BCUT2D eigenvalue weighted by molar-refractivity contribution is 7.20. The van der Waals surface area contributed by atoms with Crippen molar-refractivity contribution in [3.8, 4) is 0 Å². The molecule has 2 aromatic heterocycles. The number of nitrogens with zero attached hydrogens (tertiary/aromatic N) is 1. The lowest BCUT2D eigenvalue weighted by Crippen LogP contribution is -2.10. The monoisotopic (exact) mass is 210 g/mol. The van der Waals surface area contributed by atoms with Gasteiger partial charge in [-0.3, -0.25) is 4.79 Å². The van der Waals surface area contributed by atoms with Gasteiger partial charge >= 0.3 is 0 Å². The summed E-state index contributed by atoms with van der Waals surface area (Å²) in [6.45, 7) is -0.691. The van der Waals surface area contributed by atoms with Gasteiger partial charge in [0.15, 0.2) is 0 Å². The molecule has 72 valence electrons. The summed E-state index contributed by atoms with van der Waals surface area (Å²) < 4.78 is 12.7. The number of amides is 1. The quantitative estimate of drug-likeness (QED) is 0.822. The number of thiophene rings is 1. The molecule has 2 rings (SSSR count). The Labute approximate surface area is 83.4 Å². The van der Waals surface area contributed by atoms with Crippen LogP contribution in [0.25, 0.3) is 10.2 Å². The first-order valence-corrected chi connectivity index (χ1v) is 4.78. The van der Waals surface area contributed by atoms with Crippen LogP contribution >= 0.6 is 11.3 Å². The molecule has 0 fully saturated rings. The van der Waals surface area contributed by atoms with E-state index in [9.17, 15) is 9.18 Å². The number of nitrogens with two attached hydrogens (primary N) is 1. The first kappa shape index (κ1) is 9.08. The highest BCUT2D eigenvalue weighted by Gasteiger charge is 2.15. The first-order valence-electron chi connectivity index (χ1n) is 3.96. The summed E-state index contributed by atoms with van der Waals surface area (Å²) in [5.41, 5.74) is 5.48. The Morgan fingerprint density at radius 3 is 3.07 bits per heavy atom. The number of halogens is 1. The Hall–Kier alpha value is -1.49. The molecule has 0 aromatic carbocycles. The molecule has 5 heteroatoms. The van der Waals surface area contributed by atoms with Crippen molar-refractivity contribution < 1.29 is 9.18 Å². The van der Waals surface area contributed by atoms with Crippen LogP contribution in [0, 0.1) is 0 Å². The molecule has 0 radical (unpaired) electrons. The van der Waals surface area contributed by atoms with Gasteiger partial charge in [-0.1, -0.05) is 6.07 Å². The zero-order valence-electron chi connectivity index (χ0n) is 7.16. The number of aromatic nitrogens is 1. The molecule has 3 nitrogen and oxygen atoms in total. The molecule has 0 spiro atoms. The molecule has 0 saturated carbocycles. The van der Waals surface area contributed by atoms with Crippen molar-refractivity contribution in [1.29, 1.82) is 0 Å². The van der Waals surface area contributed by atoms with Gasteiger partial charge in [0.1, 0.15) is 16.4 Å². The highest BCUT2D eigenvalue weighted by atomic mass is 32.1. The van der Waals surface area contributed by atoms with Crippen LogP contribution in [0.5, 0.6) is 0 Å². The summed E-state index contributed by atoms with van der Waals surface area (Å²) in [4.78, 5) is 15.9. The summed E-state index contributed by atoms with van der Waals surface area (Å²) >= 11 is 1.13. The van der Waals surface area contributed by atoms with Crippen LogP contribution in [-0.4, -0.2) is 10.9 Å². The van der Waals surface area contributed by atoms with Crippen molar-refractivity contribution in [3.05, 3.63) is 28.8 Å². The van der Waals surface area contributed by atoms with E-state index in [4.69, 9.17) is 5.73 Å². The molecule has 0 bridgehead atoms.